The van der Waals surface area contributed by atoms with Gasteiger partial charge in [0.2, 0.25) is 5.91 Å². The molecular formula is C25H27N3O3. The van der Waals surface area contributed by atoms with Gasteiger partial charge in [-0.3, -0.25) is 14.6 Å². The number of rotatable bonds is 4. The van der Waals surface area contributed by atoms with Gasteiger partial charge in [-0.2, -0.15) is 0 Å². The van der Waals surface area contributed by atoms with Gasteiger partial charge in [0.1, 0.15) is 17.5 Å². The average molecular weight is 418 g/mol. The number of benzene rings is 1. The molecule has 2 aromatic rings. The molecule has 3 atom stereocenters. The maximum Gasteiger partial charge on any atom is 0.230 e. The van der Waals surface area contributed by atoms with Gasteiger partial charge >= 0.3 is 0 Å². The van der Waals surface area contributed by atoms with Crippen molar-refractivity contribution in [3.8, 4) is 12.3 Å². The normalized spacial score (nSPS) is 32.3. The molecule has 6 rings (SSSR count). The van der Waals surface area contributed by atoms with Gasteiger partial charge in [-0.1, -0.05) is 42.3 Å². The van der Waals surface area contributed by atoms with Gasteiger partial charge in [0.05, 0.1) is 24.8 Å². The van der Waals surface area contributed by atoms with E-state index >= 15 is 0 Å². The number of hydrogen-bond donors (Lipinski definition) is 2. The minimum absolute atomic E-state index is 0.0796. The molecule has 2 N–H and O–H groups in total. The van der Waals surface area contributed by atoms with Crippen molar-refractivity contribution in [2.45, 2.75) is 43.4 Å². The molecule has 160 valence electrons. The van der Waals surface area contributed by atoms with Crippen molar-refractivity contribution in [3.63, 3.8) is 0 Å². The van der Waals surface area contributed by atoms with Gasteiger partial charge < -0.3 is 10.2 Å². The first kappa shape index (κ1) is 20.2. The number of amides is 1. The maximum absolute atomic E-state index is 12.4. The van der Waals surface area contributed by atoms with E-state index in [1.54, 1.807) is 6.07 Å². The Morgan fingerprint density at radius 2 is 1.90 bits per heavy atom. The number of aliphatic hydroxyl groups is 2. The van der Waals surface area contributed by atoms with Crippen LogP contribution in [0.2, 0.25) is 0 Å². The second-order valence-corrected chi connectivity index (χ2v) is 8.89. The Hall–Kier alpha value is -2.72. The molecule has 1 amide bonds. The van der Waals surface area contributed by atoms with Gasteiger partial charge in [0.25, 0.3) is 0 Å². The predicted octanol–water partition coefficient (Wildman–Crippen LogP) is 1.68. The summed E-state index contributed by atoms with van der Waals surface area (Å²) in [7, 11) is 0. The van der Waals surface area contributed by atoms with E-state index in [9.17, 15) is 15.0 Å². The van der Waals surface area contributed by atoms with E-state index in [2.05, 4.69) is 10.8 Å². The largest absolute Gasteiger partial charge is 0.391 e. The Kier molecular flexibility index (Phi) is 5.05. The van der Waals surface area contributed by atoms with Crippen LogP contribution in [-0.4, -0.2) is 57.8 Å². The van der Waals surface area contributed by atoms with E-state index < -0.39 is 17.7 Å². The molecule has 4 fully saturated rings. The Labute approximate surface area is 182 Å². The number of fused-ring (bicyclic) bond motifs is 3. The topological polar surface area (TPSA) is 76.9 Å². The summed E-state index contributed by atoms with van der Waals surface area (Å²) in [5.74, 6) is 3.30. The third kappa shape index (κ3) is 3.34. The van der Waals surface area contributed by atoms with E-state index in [4.69, 9.17) is 11.4 Å². The number of terminal acetylenes is 1. The number of aromatic nitrogens is 1. The number of carbonyl (C=O) groups excluding carboxylic acids is 1. The van der Waals surface area contributed by atoms with Crippen LogP contribution in [0.3, 0.4) is 0 Å². The number of nitrogens with zero attached hydrogens (tertiary/aromatic N) is 3. The smallest absolute Gasteiger partial charge is 0.230 e. The van der Waals surface area contributed by atoms with Crippen molar-refractivity contribution in [1.82, 2.24) is 9.88 Å². The SMILES string of the molecule is C#CC1N2CCC(CC2)[C@@]1(O)c1ccc(N2C[C@H](O)CC2=O)nc1Cc1ccccc1. The van der Waals surface area contributed by atoms with Crippen LogP contribution >= 0.6 is 0 Å². The summed E-state index contributed by atoms with van der Waals surface area (Å²) in [6.07, 6.45) is 7.68. The Bertz CT molecular complexity index is 1030. The Balaban J connectivity index is 1.61. The van der Waals surface area contributed by atoms with Crippen LogP contribution in [0.5, 0.6) is 0 Å². The van der Waals surface area contributed by atoms with Crippen molar-refractivity contribution in [2.75, 3.05) is 24.5 Å². The quantitative estimate of drug-likeness (QED) is 0.741. The molecular weight excluding hydrogens is 390 g/mol. The van der Waals surface area contributed by atoms with Crippen LogP contribution in [0.15, 0.2) is 42.5 Å². The lowest BCUT2D eigenvalue weighted by atomic mass is 9.66. The highest BCUT2D eigenvalue weighted by Crippen LogP contribution is 2.48. The molecule has 4 aliphatic rings. The Morgan fingerprint density at radius 1 is 1.16 bits per heavy atom. The first-order valence-electron chi connectivity index (χ1n) is 11.0. The minimum atomic E-state index is -1.17. The molecule has 31 heavy (non-hydrogen) atoms. The van der Waals surface area contributed by atoms with Gasteiger partial charge in [-0.15, -0.1) is 6.42 Å². The maximum atomic E-state index is 12.4. The van der Waals surface area contributed by atoms with Gasteiger partial charge in [0.15, 0.2) is 0 Å². The summed E-state index contributed by atoms with van der Waals surface area (Å²) < 4.78 is 0. The average Bonchev–Trinajstić information content (AvgIpc) is 3.13. The third-order valence-corrected chi connectivity index (χ3v) is 7.08. The molecule has 0 aliphatic carbocycles. The lowest BCUT2D eigenvalue weighted by Crippen LogP contribution is -2.63. The highest BCUT2D eigenvalue weighted by atomic mass is 16.3. The van der Waals surface area contributed by atoms with E-state index in [-0.39, 0.29) is 24.8 Å². The standard InChI is InChI=1S/C25H27N3O3/c1-2-22-25(31,18-10-12-27(22)13-11-18)20-8-9-23(28-16-19(29)15-24(28)30)26-21(20)14-17-6-4-3-5-7-17/h1,3-9,18-19,22,29,31H,10-16H2/t19-,22?,25-/m1/s1. The summed E-state index contributed by atoms with van der Waals surface area (Å²) in [4.78, 5) is 20.9. The number of pyridine rings is 1. The molecule has 1 aromatic heterocycles. The number of carbonyl (C=O) groups is 1. The Morgan fingerprint density at radius 3 is 2.55 bits per heavy atom. The fourth-order valence-corrected chi connectivity index (χ4v) is 5.54. The van der Waals surface area contributed by atoms with Crippen molar-refractivity contribution in [3.05, 3.63) is 59.3 Å². The molecule has 1 unspecified atom stereocenters. The zero-order valence-electron chi connectivity index (χ0n) is 17.4. The lowest BCUT2D eigenvalue weighted by molar-refractivity contribution is -0.143. The summed E-state index contributed by atoms with van der Waals surface area (Å²) in [6.45, 7) is 2.05. The number of aliphatic hydroxyl groups excluding tert-OH is 1. The molecule has 4 saturated heterocycles. The monoisotopic (exact) mass is 417 g/mol. The zero-order chi connectivity index (χ0) is 21.6. The summed E-state index contributed by atoms with van der Waals surface area (Å²) in [5.41, 5.74) is 1.39. The van der Waals surface area contributed by atoms with Crippen LogP contribution in [0.1, 0.15) is 36.1 Å². The van der Waals surface area contributed by atoms with E-state index in [0.717, 1.165) is 42.8 Å². The van der Waals surface area contributed by atoms with Crippen LogP contribution in [0, 0.1) is 18.3 Å². The molecule has 6 nitrogen and oxygen atoms in total. The number of piperidine rings is 3. The van der Waals surface area contributed by atoms with Gasteiger partial charge in [-0.05, 0) is 43.5 Å². The number of β-amino-alcohol motifs (C(OH)–C–C–N with tert-alkyl or cyclic N) is 1. The van der Waals surface area contributed by atoms with E-state index in [1.165, 1.54) is 4.90 Å². The highest BCUT2D eigenvalue weighted by Gasteiger charge is 2.54. The molecule has 1 aromatic carbocycles. The second-order valence-electron chi connectivity index (χ2n) is 8.89. The molecule has 0 spiro atoms. The molecule has 5 heterocycles. The van der Waals surface area contributed by atoms with Gasteiger partial charge in [-0.25, -0.2) is 4.98 Å². The molecule has 0 saturated carbocycles. The third-order valence-electron chi connectivity index (χ3n) is 7.08. The van der Waals surface area contributed by atoms with Crippen molar-refractivity contribution < 1.29 is 15.0 Å². The van der Waals surface area contributed by atoms with Crippen molar-refractivity contribution >= 4 is 11.7 Å². The predicted molar refractivity (Wildman–Crippen MR) is 117 cm³/mol. The molecule has 4 aliphatic heterocycles. The fourth-order valence-electron chi connectivity index (χ4n) is 5.54. The van der Waals surface area contributed by atoms with Gasteiger partial charge in [0, 0.05) is 12.0 Å². The summed E-state index contributed by atoms with van der Waals surface area (Å²) in [6, 6.07) is 13.3. The van der Waals surface area contributed by atoms with Crippen LogP contribution < -0.4 is 4.90 Å². The van der Waals surface area contributed by atoms with Crippen LogP contribution in [0.25, 0.3) is 0 Å². The molecule has 6 heteroatoms. The van der Waals surface area contributed by atoms with Crippen molar-refractivity contribution in [1.29, 1.82) is 0 Å². The zero-order valence-corrected chi connectivity index (χ0v) is 17.4. The highest BCUT2D eigenvalue weighted by molar-refractivity contribution is 5.95. The van der Waals surface area contributed by atoms with E-state index in [0.29, 0.717) is 12.2 Å². The molecule has 2 bridgehead atoms. The second kappa shape index (κ2) is 7.76. The van der Waals surface area contributed by atoms with E-state index in [1.807, 2.05) is 36.4 Å². The van der Waals surface area contributed by atoms with Crippen LogP contribution in [0.4, 0.5) is 5.82 Å². The fraction of sp³-hybridized carbons (Fsp3) is 0.440. The molecule has 0 radical (unpaired) electrons. The minimum Gasteiger partial charge on any atom is -0.391 e. The lowest BCUT2D eigenvalue weighted by Gasteiger charge is -2.54. The number of anilines is 1. The first-order valence-corrected chi connectivity index (χ1v) is 11.0. The van der Waals surface area contributed by atoms with Crippen molar-refractivity contribution in [2.24, 2.45) is 5.92 Å². The van der Waals surface area contributed by atoms with Crippen LogP contribution in [-0.2, 0) is 16.8 Å². The number of hydrogen-bond acceptors (Lipinski definition) is 5. The summed E-state index contributed by atoms with van der Waals surface area (Å²) in [5, 5.41) is 22.0. The summed E-state index contributed by atoms with van der Waals surface area (Å²) >= 11 is 0. The first-order chi connectivity index (χ1) is 15.0.